The van der Waals surface area contributed by atoms with Crippen molar-refractivity contribution in [1.29, 1.82) is 5.26 Å². The van der Waals surface area contributed by atoms with Crippen LogP contribution >= 0.6 is 0 Å². The highest BCUT2D eigenvalue weighted by atomic mass is 16.5. The average Bonchev–Trinajstić information content (AvgIpc) is 2.36. The number of ketones is 1. The molecule has 0 aliphatic heterocycles. The van der Waals surface area contributed by atoms with E-state index in [9.17, 15) is 4.79 Å². The number of benzene rings is 1. The zero-order valence-electron chi connectivity index (χ0n) is 10.8. The summed E-state index contributed by atoms with van der Waals surface area (Å²) in [5, 5.41) is 8.66. The first-order valence-electron chi connectivity index (χ1n) is 5.58. The Morgan fingerprint density at radius 1 is 1.39 bits per heavy atom. The maximum atomic E-state index is 11.7. The molecule has 18 heavy (non-hydrogen) atoms. The zero-order chi connectivity index (χ0) is 13.5. The van der Waals surface area contributed by atoms with Crippen LogP contribution in [-0.2, 0) is 4.79 Å². The predicted octanol–water partition coefficient (Wildman–Crippen LogP) is 1.97. The van der Waals surface area contributed by atoms with Gasteiger partial charge in [0.05, 0.1) is 11.6 Å². The summed E-state index contributed by atoms with van der Waals surface area (Å²) in [7, 11) is 3.69. The van der Waals surface area contributed by atoms with E-state index in [1.54, 1.807) is 42.3 Å². The smallest absolute Gasteiger partial charge is 0.197 e. The SMILES string of the molecule is CC(Oc1ccc(C#N)cc1)C(=O)C=CN(C)C. The van der Waals surface area contributed by atoms with Crippen molar-refractivity contribution in [3.05, 3.63) is 42.1 Å². The summed E-state index contributed by atoms with van der Waals surface area (Å²) in [6.45, 7) is 1.69. The number of carbonyl (C=O) groups is 1. The van der Waals surface area contributed by atoms with Crippen LogP contribution in [0.2, 0.25) is 0 Å². The zero-order valence-corrected chi connectivity index (χ0v) is 10.8. The van der Waals surface area contributed by atoms with Gasteiger partial charge >= 0.3 is 0 Å². The highest BCUT2D eigenvalue weighted by molar-refractivity contribution is 5.93. The van der Waals surface area contributed by atoms with Gasteiger partial charge < -0.3 is 9.64 Å². The number of ether oxygens (including phenoxy) is 1. The molecular formula is C14H16N2O2. The maximum Gasteiger partial charge on any atom is 0.197 e. The van der Waals surface area contributed by atoms with E-state index in [-0.39, 0.29) is 5.78 Å². The van der Waals surface area contributed by atoms with Crippen molar-refractivity contribution in [3.63, 3.8) is 0 Å². The first-order chi connectivity index (χ1) is 8.52. The fraction of sp³-hybridized carbons (Fsp3) is 0.286. The van der Waals surface area contributed by atoms with Crippen LogP contribution in [-0.4, -0.2) is 30.9 Å². The fourth-order valence-electron chi connectivity index (χ4n) is 1.23. The first-order valence-corrected chi connectivity index (χ1v) is 5.58. The molecule has 94 valence electrons. The molecule has 1 atom stereocenters. The van der Waals surface area contributed by atoms with E-state index in [1.165, 1.54) is 6.08 Å². The van der Waals surface area contributed by atoms with Gasteiger partial charge in [0.15, 0.2) is 11.9 Å². The lowest BCUT2D eigenvalue weighted by molar-refractivity contribution is -0.120. The van der Waals surface area contributed by atoms with E-state index in [4.69, 9.17) is 10.00 Å². The van der Waals surface area contributed by atoms with E-state index >= 15 is 0 Å². The molecule has 4 heteroatoms. The highest BCUT2D eigenvalue weighted by Crippen LogP contribution is 2.13. The lowest BCUT2D eigenvalue weighted by Gasteiger charge is -2.12. The number of hydrogen-bond donors (Lipinski definition) is 0. The maximum absolute atomic E-state index is 11.7. The van der Waals surface area contributed by atoms with Crippen molar-refractivity contribution in [2.45, 2.75) is 13.0 Å². The third-order valence-corrected chi connectivity index (χ3v) is 2.23. The van der Waals surface area contributed by atoms with Gasteiger partial charge in [-0.3, -0.25) is 4.79 Å². The van der Waals surface area contributed by atoms with Crippen molar-refractivity contribution in [2.75, 3.05) is 14.1 Å². The fourth-order valence-corrected chi connectivity index (χ4v) is 1.23. The number of nitrogens with zero attached hydrogens (tertiary/aromatic N) is 2. The molecular weight excluding hydrogens is 228 g/mol. The Morgan fingerprint density at radius 3 is 2.50 bits per heavy atom. The van der Waals surface area contributed by atoms with E-state index in [0.29, 0.717) is 11.3 Å². The summed E-state index contributed by atoms with van der Waals surface area (Å²) < 4.78 is 5.48. The molecule has 0 amide bonds. The largest absolute Gasteiger partial charge is 0.483 e. The molecule has 0 bridgehead atoms. The Balaban J connectivity index is 2.61. The van der Waals surface area contributed by atoms with Crippen molar-refractivity contribution < 1.29 is 9.53 Å². The van der Waals surface area contributed by atoms with Gasteiger partial charge in [0.25, 0.3) is 0 Å². The molecule has 0 aliphatic carbocycles. The van der Waals surface area contributed by atoms with Crippen LogP contribution in [0, 0.1) is 11.3 Å². The Hall–Kier alpha value is -2.28. The summed E-state index contributed by atoms with van der Waals surface area (Å²) >= 11 is 0. The molecule has 0 N–H and O–H groups in total. The van der Waals surface area contributed by atoms with Crippen molar-refractivity contribution in [1.82, 2.24) is 4.90 Å². The molecule has 0 heterocycles. The van der Waals surface area contributed by atoms with E-state index in [0.717, 1.165) is 0 Å². The molecule has 0 saturated carbocycles. The van der Waals surface area contributed by atoms with E-state index in [2.05, 4.69) is 0 Å². The van der Waals surface area contributed by atoms with Crippen molar-refractivity contribution >= 4 is 5.78 Å². The minimum atomic E-state index is -0.547. The molecule has 1 aromatic rings. The van der Waals surface area contributed by atoms with Gasteiger partial charge in [-0.2, -0.15) is 5.26 Å². The van der Waals surface area contributed by atoms with Gasteiger partial charge in [-0.05, 0) is 31.2 Å². The number of hydrogen-bond acceptors (Lipinski definition) is 4. The Labute approximate surface area is 107 Å². The lowest BCUT2D eigenvalue weighted by atomic mass is 10.2. The van der Waals surface area contributed by atoms with Crippen LogP contribution in [0.25, 0.3) is 0 Å². The monoisotopic (exact) mass is 244 g/mol. The van der Waals surface area contributed by atoms with Crippen LogP contribution in [0.3, 0.4) is 0 Å². The third kappa shape index (κ3) is 4.30. The lowest BCUT2D eigenvalue weighted by Crippen LogP contribution is -2.22. The van der Waals surface area contributed by atoms with Gasteiger partial charge in [0, 0.05) is 26.4 Å². The molecule has 4 nitrogen and oxygen atoms in total. The Kier molecular flexibility index (Phi) is 4.94. The summed E-state index contributed by atoms with van der Waals surface area (Å²) in [5.41, 5.74) is 0.564. The number of rotatable bonds is 5. The second-order valence-corrected chi connectivity index (χ2v) is 4.08. The van der Waals surface area contributed by atoms with E-state index < -0.39 is 6.10 Å². The molecule has 0 radical (unpaired) electrons. The third-order valence-electron chi connectivity index (χ3n) is 2.23. The normalized spacial score (nSPS) is 11.9. The van der Waals surface area contributed by atoms with Gasteiger partial charge in [-0.1, -0.05) is 0 Å². The van der Waals surface area contributed by atoms with Crippen LogP contribution in [0.15, 0.2) is 36.5 Å². The molecule has 0 aliphatic rings. The highest BCUT2D eigenvalue weighted by Gasteiger charge is 2.11. The average molecular weight is 244 g/mol. The summed E-state index contributed by atoms with van der Waals surface area (Å²) in [6, 6.07) is 8.69. The topological polar surface area (TPSA) is 53.3 Å². The number of carbonyl (C=O) groups excluding carboxylic acids is 1. The minimum Gasteiger partial charge on any atom is -0.483 e. The Morgan fingerprint density at radius 2 is 2.00 bits per heavy atom. The van der Waals surface area contributed by atoms with Gasteiger partial charge in [-0.25, -0.2) is 0 Å². The predicted molar refractivity (Wildman–Crippen MR) is 69.1 cm³/mol. The van der Waals surface area contributed by atoms with Crippen LogP contribution in [0.5, 0.6) is 5.75 Å². The Bertz CT molecular complexity index is 470. The van der Waals surface area contributed by atoms with Crippen LogP contribution < -0.4 is 4.74 Å². The number of nitriles is 1. The molecule has 0 aromatic heterocycles. The summed E-state index contributed by atoms with van der Waals surface area (Å²) in [4.78, 5) is 13.5. The second kappa shape index (κ2) is 6.45. The standard InChI is InChI=1S/C14H16N2O2/c1-11(14(17)8-9-16(2)3)18-13-6-4-12(10-15)5-7-13/h4-9,11H,1-3H3. The van der Waals surface area contributed by atoms with Crippen LogP contribution in [0.1, 0.15) is 12.5 Å². The van der Waals surface area contributed by atoms with Crippen molar-refractivity contribution in [3.8, 4) is 11.8 Å². The van der Waals surface area contributed by atoms with E-state index in [1.807, 2.05) is 20.2 Å². The minimum absolute atomic E-state index is 0.104. The summed E-state index contributed by atoms with van der Waals surface area (Å²) in [6.07, 6.45) is 2.61. The molecule has 1 rings (SSSR count). The first kappa shape index (κ1) is 13.8. The van der Waals surface area contributed by atoms with Gasteiger partial charge in [-0.15, -0.1) is 0 Å². The quantitative estimate of drug-likeness (QED) is 0.743. The molecule has 0 fully saturated rings. The van der Waals surface area contributed by atoms with Crippen molar-refractivity contribution in [2.24, 2.45) is 0 Å². The summed E-state index contributed by atoms with van der Waals surface area (Å²) in [5.74, 6) is 0.473. The molecule has 0 spiro atoms. The van der Waals surface area contributed by atoms with Gasteiger partial charge in [0.1, 0.15) is 5.75 Å². The molecule has 0 saturated heterocycles. The van der Waals surface area contributed by atoms with Gasteiger partial charge in [0.2, 0.25) is 0 Å². The molecule has 1 aromatic carbocycles. The molecule has 1 unspecified atom stereocenters. The van der Waals surface area contributed by atoms with Crippen LogP contribution in [0.4, 0.5) is 0 Å². The second-order valence-electron chi connectivity index (χ2n) is 4.08.